The number of nitrogens with one attached hydrogen (secondary N) is 1. The molecule has 0 saturated carbocycles. The number of fused-ring (bicyclic) bond motifs is 1. The van der Waals surface area contributed by atoms with Crippen LogP contribution >= 0.6 is 0 Å². The Morgan fingerprint density at radius 2 is 2.09 bits per heavy atom. The molecule has 1 aromatic rings. The fourth-order valence-electron chi connectivity index (χ4n) is 1.10. The van der Waals surface area contributed by atoms with Crippen molar-refractivity contribution < 1.29 is 0 Å². The van der Waals surface area contributed by atoms with E-state index in [1.807, 2.05) is 24.3 Å². The summed E-state index contributed by atoms with van der Waals surface area (Å²) in [5, 5.41) is 2.95. The van der Waals surface area contributed by atoms with Gasteiger partial charge in [-0.2, -0.15) is 0 Å². The number of para-hydroxylation sites is 1. The van der Waals surface area contributed by atoms with Crippen LogP contribution in [0.1, 0.15) is 5.56 Å². The van der Waals surface area contributed by atoms with E-state index < -0.39 is 0 Å². The van der Waals surface area contributed by atoms with E-state index >= 15 is 0 Å². The standard InChI is InChI=1S/C9H8N2/c1-7-8-4-2-3-5-9(8)11-6-10-7/h2-6H,1H2,(H,10,11). The molecule has 1 aromatic carbocycles. The highest BCUT2D eigenvalue weighted by Gasteiger charge is 2.05. The number of aliphatic imine (C=N–C) groups is 1. The molecule has 2 heteroatoms. The van der Waals surface area contributed by atoms with Crippen LogP contribution in [0.15, 0.2) is 35.8 Å². The second-order valence-corrected chi connectivity index (χ2v) is 2.40. The Balaban J connectivity index is 2.63. The average Bonchev–Trinajstić information content (AvgIpc) is 2.06. The molecule has 1 aliphatic heterocycles. The number of rotatable bonds is 0. The van der Waals surface area contributed by atoms with Gasteiger partial charge in [-0.05, 0) is 6.07 Å². The van der Waals surface area contributed by atoms with Crippen molar-refractivity contribution in [1.29, 1.82) is 0 Å². The fourth-order valence-corrected chi connectivity index (χ4v) is 1.10. The Labute approximate surface area is 65.3 Å². The third-order valence-electron chi connectivity index (χ3n) is 1.67. The van der Waals surface area contributed by atoms with Crippen LogP contribution in [-0.4, -0.2) is 6.34 Å². The zero-order valence-electron chi connectivity index (χ0n) is 6.04. The molecular formula is C9H8N2. The quantitative estimate of drug-likeness (QED) is 0.591. The van der Waals surface area contributed by atoms with E-state index in [4.69, 9.17) is 0 Å². The summed E-state index contributed by atoms with van der Waals surface area (Å²) in [5.41, 5.74) is 2.97. The minimum Gasteiger partial charge on any atom is -0.346 e. The first kappa shape index (κ1) is 6.16. The molecule has 2 rings (SSSR count). The summed E-state index contributed by atoms with van der Waals surface area (Å²) in [6.45, 7) is 3.85. The lowest BCUT2D eigenvalue weighted by molar-refractivity contribution is 1.27. The maximum Gasteiger partial charge on any atom is 0.0930 e. The molecule has 2 nitrogen and oxygen atoms in total. The van der Waals surface area contributed by atoms with Crippen LogP contribution in [0, 0.1) is 0 Å². The number of hydrogen-bond donors (Lipinski definition) is 1. The lowest BCUT2D eigenvalue weighted by atomic mass is 10.1. The largest absolute Gasteiger partial charge is 0.346 e. The summed E-state index contributed by atoms with van der Waals surface area (Å²) in [5.74, 6) is 0. The molecule has 0 unspecified atom stereocenters. The summed E-state index contributed by atoms with van der Waals surface area (Å²) < 4.78 is 0. The van der Waals surface area contributed by atoms with E-state index in [1.54, 1.807) is 6.34 Å². The average molecular weight is 144 g/mol. The molecule has 0 radical (unpaired) electrons. The van der Waals surface area contributed by atoms with Gasteiger partial charge in [-0.1, -0.05) is 24.8 Å². The second kappa shape index (κ2) is 2.23. The van der Waals surface area contributed by atoms with Gasteiger partial charge in [-0.15, -0.1) is 0 Å². The van der Waals surface area contributed by atoms with Crippen LogP contribution in [0.4, 0.5) is 5.69 Å². The third-order valence-corrected chi connectivity index (χ3v) is 1.67. The van der Waals surface area contributed by atoms with Crippen LogP contribution in [0.3, 0.4) is 0 Å². The predicted octanol–water partition coefficient (Wildman–Crippen LogP) is 1.92. The molecule has 0 amide bonds. The van der Waals surface area contributed by atoms with E-state index in [9.17, 15) is 0 Å². The van der Waals surface area contributed by atoms with Gasteiger partial charge in [-0.25, -0.2) is 4.99 Å². The number of benzene rings is 1. The highest BCUT2D eigenvalue weighted by atomic mass is 15.0. The van der Waals surface area contributed by atoms with E-state index in [1.165, 1.54) is 0 Å². The lowest BCUT2D eigenvalue weighted by Gasteiger charge is -2.12. The van der Waals surface area contributed by atoms with Gasteiger partial charge >= 0.3 is 0 Å². The Bertz CT molecular complexity index is 326. The molecule has 0 bridgehead atoms. The molecule has 1 N–H and O–H groups in total. The maximum absolute atomic E-state index is 4.15. The molecule has 11 heavy (non-hydrogen) atoms. The maximum atomic E-state index is 4.15. The van der Waals surface area contributed by atoms with Crippen LogP contribution in [0.5, 0.6) is 0 Å². The van der Waals surface area contributed by atoms with Gasteiger partial charge in [0.25, 0.3) is 0 Å². The minimum atomic E-state index is 0.913. The van der Waals surface area contributed by atoms with E-state index in [0.717, 1.165) is 16.9 Å². The van der Waals surface area contributed by atoms with Crippen LogP contribution in [0.25, 0.3) is 5.70 Å². The minimum absolute atomic E-state index is 0.913. The van der Waals surface area contributed by atoms with Crippen molar-refractivity contribution >= 4 is 17.7 Å². The third kappa shape index (κ3) is 0.923. The number of hydrogen-bond acceptors (Lipinski definition) is 2. The van der Waals surface area contributed by atoms with Crippen LogP contribution in [-0.2, 0) is 0 Å². The molecule has 0 saturated heterocycles. The van der Waals surface area contributed by atoms with Crippen molar-refractivity contribution in [3.63, 3.8) is 0 Å². The molecule has 1 heterocycles. The van der Waals surface area contributed by atoms with Gasteiger partial charge in [0.1, 0.15) is 0 Å². The van der Waals surface area contributed by atoms with Gasteiger partial charge < -0.3 is 5.32 Å². The van der Waals surface area contributed by atoms with Gasteiger partial charge in [0.05, 0.1) is 12.0 Å². The normalized spacial score (nSPS) is 14.0. The molecule has 0 atom stereocenters. The topological polar surface area (TPSA) is 24.4 Å². The fraction of sp³-hybridized carbons (Fsp3) is 0. The molecular weight excluding hydrogens is 136 g/mol. The Morgan fingerprint density at radius 3 is 2.91 bits per heavy atom. The first-order valence-electron chi connectivity index (χ1n) is 3.45. The van der Waals surface area contributed by atoms with Crippen molar-refractivity contribution in [1.82, 2.24) is 5.32 Å². The highest BCUT2D eigenvalue weighted by Crippen LogP contribution is 2.25. The Hall–Kier alpha value is -1.57. The molecule has 0 spiro atoms. The lowest BCUT2D eigenvalue weighted by Crippen LogP contribution is -2.11. The molecule has 0 aromatic heterocycles. The zero-order valence-corrected chi connectivity index (χ0v) is 6.04. The molecule has 54 valence electrons. The number of nitrogens with zero attached hydrogens (tertiary/aromatic N) is 1. The Kier molecular flexibility index (Phi) is 1.25. The van der Waals surface area contributed by atoms with E-state index in [2.05, 4.69) is 16.9 Å². The van der Waals surface area contributed by atoms with Gasteiger partial charge in [0.15, 0.2) is 0 Å². The van der Waals surface area contributed by atoms with E-state index in [0.29, 0.717) is 0 Å². The van der Waals surface area contributed by atoms with Gasteiger partial charge in [0.2, 0.25) is 0 Å². The van der Waals surface area contributed by atoms with Crippen LogP contribution < -0.4 is 5.32 Å². The van der Waals surface area contributed by atoms with Crippen molar-refractivity contribution in [3.8, 4) is 0 Å². The SMILES string of the molecule is C=C1NC=Nc2ccccc21. The Morgan fingerprint density at radius 1 is 1.27 bits per heavy atom. The summed E-state index contributed by atoms with van der Waals surface area (Å²) >= 11 is 0. The summed E-state index contributed by atoms with van der Waals surface area (Å²) in [4.78, 5) is 4.15. The van der Waals surface area contributed by atoms with E-state index in [-0.39, 0.29) is 0 Å². The first-order chi connectivity index (χ1) is 5.38. The zero-order chi connectivity index (χ0) is 7.68. The predicted molar refractivity (Wildman–Crippen MR) is 46.8 cm³/mol. The smallest absolute Gasteiger partial charge is 0.0930 e. The van der Waals surface area contributed by atoms with Crippen molar-refractivity contribution in [2.75, 3.05) is 0 Å². The van der Waals surface area contributed by atoms with Gasteiger partial charge in [-0.3, -0.25) is 0 Å². The second-order valence-electron chi connectivity index (χ2n) is 2.40. The van der Waals surface area contributed by atoms with Crippen molar-refractivity contribution in [2.45, 2.75) is 0 Å². The van der Waals surface area contributed by atoms with Crippen LogP contribution in [0.2, 0.25) is 0 Å². The summed E-state index contributed by atoms with van der Waals surface area (Å²) in [6.07, 6.45) is 1.66. The molecule has 0 aliphatic carbocycles. The monoisotopic (exact) mass is 144 g/mol. The molecule has 1 aliphatic rings. The van der Waals surface area contributed by atoms with Crippen molar-refractivity contribution in [2.24, 2.45) is 4.99 Å². The van der Waals surface area contributed by atoms with Gasteiger partial charge in [0, 0.05) is 11.3 Å². The summed E-state index contributed by atoms with van der Waals surface area (Å²) in [6, 6.07) is 7.92. The molecule has 0 fully saturated rings. The first-order valence-corrected chi connectivity index (χ1v) is 3.45. The summed E-state index contributed by atoms with van der Waals surface area (Å²) in [7, 11) is 0. The van der Waals surface area contributed by atoms with Crippen molar-refractivity contribution in [3.05, 3.63) is 36.4 Å². The highest BCUT2D eigenvalue weighted by molar-refractivity contribution is 5.85.